The van der Waals surface area contributed by atoms with Gasteiger partial charge in [-0.25, -0.2) is 19.3 Å². The highest BCUT2D eigenvalue weighted by Crippen LogP contribution is 2.29. The van der Waals surface area contributed by atoms with Crippen molar-refractivity contribution in [3.63, 3.8) is 0 Å². The number of imidazole rings is 1. The molecule has 1 aliphatic rings. The third kappa shape index (κ3) is 2.53. The molecule has 4 rings (SSSR count). The number of halogens is 2. The number of hydrogen-bond donors (Lipinski definition) is 1. The molecule has 6 nitrogen and oxygen atoms in total. The number of hydrogen-bond acceptors (Lipinski definition) is 5. The van der Waals surface area contributed by atoms with E-state index >= 15 is 0 Å². The second-order valence-electron chi connectivity index (χ2n) is 5.65. The van der Waals surface area contributed by atoms with E-state index in [1.807, 2.05) is 0 Å². The predicted octanol–water partition coefficient (Wildman–Crippen LogP) is 2.68. The third-order valence-corrected chi connectivity index (χ3v) is 4.19. The van der Waals surface area contributed by atoms with Crippen molar-refractivity contribution in [2.75, 3.05) is 18.1 Å². The number of aromatic amines is 1. The minimum Gasteiger partial charge on any atom is -0.488 e. The van der Waals surface area contributed by atoms with E-state index in [-0.39, 0.29) is 18.4 Å². The van der Waals surface area contributed by atoms with Crippen LogP contribution in [-0.2, 0) is 0 Å². The van der Waals surface area contributed by atoms with Crippen molar-refractivity contribution in [1.29, 1.82) is 0 Å². The Hall–Kier alpha value is -2.77. The van der Waals surface area contributed by atoms with E-state index in [0.29, 0.717) is 11.2 Å². The summed E-state index contributed by atoms with van der Waals surface area (Å²) in [6, 6.07) is 3.94. The molecule has 0 saturated carbocycles. The number of nitrogens with one attached hydrogen (secondary N) is 1. The molecule has 3 aromatic rings. The summed E-state index contributed by atoms with van der Waals surface area (Å²) in [4.78, 5) is 17.8. The van der Waals surface area contributed by atoms with E-state index in [1.54, 1.807) is 6.33 Å². The predicted molar refractivity (Wildman–Crippen MR) is 83.9 cm³/mol. The smallest absolute Gasteiger partial charge is 0.200 e. The standard InChI is InChI=1S/C16H15F2N5O/c17-11-4-1-5-12(13(11)18)24-7-10-3-2-6-23(10)16-14-15(20-8-19-14)21-9-22-16/h1,4-5,8-10H,2-3,6-7H2,(H,19,20,21,22)/t10-/m1/s1. The van der Waals surface area contributed by atoms with E-state index in [1.165, 1.54) is 18.5 Å². The van der Waals surface area contributed by atoms with Crippen molar-refractivity contribution in [2.24, 2.45) is 0 Å². The van der Waals surface area contributed by atoms with Gasteiger partial charge in [-0.1, -0.05) is 6.07 Å². The zero-order valence-corrected chi connectivity index (χ0v) is 12.7. The Labute approximate surface area is 136 Å². The van der Waals surface area contributed by atoms with E-state index in [4.69, 9.17) is 4.74 Å². The number of aromatic nitrogens is 4. The summed E-state index contributed by atoms with van der Waals surface area (Å²) in [6.07, 6.45) is 4.91. The number of rotatable bonds is 4. The Morgan fingerprint density at radius 3 is 3.08 bits per heavy atom. The minimum absolute atomic E-state index is 0.0162. The van der Waals surface area contributed by atoms with Gasteiger partial charge in [-0.15, -0.1) is 0 Å². The van der Waals surface area contributed by atoms with Gasteiger partial charge >= 0.3 is 0 Å². The van der Waals surface area contributed by atoms with Gasteiger partial charge in [-0.2, -0.15) is 4.39 Å². The van der Waals surface area contributed by atoms with Gasteiger partial charge < -0.3 is 14.6 Å². The molecule has 24 heavy (non-hydrogen) atoms. The van der Waals surface area contributed by atoms with Crippen LogP contribution in [0.25, 0.3) is 11.2 Å². The summed E-state index contributed by atoms with van der Waals surface area (Å²) < 4.78 is 32.5. The molecule has 0 bridgehead atoms. The molecule has 3 heterocycles. The second-order valence-corrected chi connectivity index (χ2v) is 5.65. The number of ether oxygens (including phenoxy) is 1. The minimum atomic E-state index is -0.959. The van der Waals surface area contributed by atoms with Crippen LogP contribution < -0.4 is 9.64 Å². The zero-order valence-electron chi connectivity index (χ0n) is 12.7. The lowest BCUT2D eigenvalue weighted by Crippen LogP contribution is -2.35. The highest BCUT2D eigenvalue weighted by molar-refractivity contribution is 5.82. The van der Waals surface area contributed by atoms with Crippen LogP contribution in [0.3, 0.4) is 0 Å². The van der Waals surface area contributed by atoms with Crippen LogP contribution in [0.2, 0.25) is 0 Å². The Morgan fingerprint density at radius 1 is 1.25 bits per heavy atom. The van der Waals surface area contributed by atoms with Crippen molar-refractivity contribution in [3.05, 3.63) is 42.5 Å². The van der Waals surface area contributed by atoms with E-state index in [2.05, 4.69) is 24.8 Å². The van der Waals surface area contributed by atoms with Crippen LogP contribution >= 0.6 is 0 Å². The van der Waals surface area contributed by atoms with Gasteiger partial charge in [0.2, 0.25) is 5.82 Å². The molecule has 2 aromatic heterocycles. The molecule has 1 fully saturated rings. The first-order valence-electron chi connectivity index (χ1n) is 7.71. The highest BCUT2D eigenvalue weighted by atomic mass is 19.2. The normalized spacial score (nSPS) is 17.6. The fraction of sp³-hybridized carbons (Fsp3) is 0.312. The topological polar surface area (TPSA) is 66.9 Å². The van der Waals surface area contributed by atoms with Crippen LogP contribution in [0, 0.1) is 11.6 Å². The van der Waals surface area contributed by atoms with Crippen LogP contribution in [0.5, 0.6) is 5.75 Å². The quantitative estimate of drug-likeness (QED) is 0.796. The van der Waals surface area contributed by atoms with Crippen molar-refractivity contribution in [2.45, 2.75) is 18.9 Å². The van der Waals surface area contributed by atoms with E-state index in [0.717, 1.165) is 31.3 Å². The van der Waals surface area contributed by atoms with Gasteiger partial charge in [0.25, 0.3) is 0 Å². The number of nitrogens with zero attached hydrogens (tertiary/aromatic N) is 4. The Morgan fingerprint density at radius 2 is 2.17 bits per heavy atom. The Balaban J connectivity index is 1.55. The fourth-order valence-electron chi connectivity index (χ4n) is 3.03. The molecule has 1 N–H and O–H groups in total. The summed E-state index contributed by atoms with van der Waals surface area (Å²) >= 11 is 0. The summed E-state index contributed by atoms with van der Waals surface area (Å²) in [5, 5.41) is 0. The molecular formula is C16H15F2N5O. The molecular weight excluding hydrogens is 316 g/mol. The molecule has 1 aromatic carbocycles. The SMILES string of the molecule is Fc1cccc(OC[C@H]2CCCN2c2ncnc3[nH]cnc23)c1F. The molecule has 1 atom stereocenters. The number of fused-ring (bicyclic) bond motifs is 1. The van der Waals surface area contributed by atoms with Gasteiger partial charge in [0.1, 0.15) is 18.5 Å². The van der Waals surface area contributed by atoms with Crippen LogP contribution in [-0.4, -0.2) is 39.1 Å². The Kier molecular flexibility index (Phi) is 3.72. The van der Waals surface area contributed by atoms with Gasteiger partial charge in [-0.05, 0) is 25.0 Å². The number of anilines is 1. The monoisotopic (exact) mass is 331 g/mol. The summed E-state index contributed by atoms with van der Waals surface area (Å²) in [7, 11) is 0. The lowest BCUT2D eigenvalue weighted by atomic mass is 10.2. The van der Waals surface area contributed by atoms with Crippen molar-refractivity contribution >= 4 is 17.0 Å². The van der Waals surface area contributed by atoms with Crippen molar-refractivity contribution < 1.29 is 13.5 Å². The Bertz CT molecular complexity index is 869. The number of H-pyrrole nitrogens is 1. The highest BCUT2D eigenvalue weighted by Gasteiger charge is 2.28. The summed E-state index contributed by atoms with van der Waals surface area (Å²) in [6.45, 7) is 1.05. The maximum Gasteiger partial charge on any atom is 0.200 e. The van der Waals surface area contributed by atoms with E-state index < -0.39 is 11.6 Å². The van der Waals surface area contributed by atoms with Crippen molar-refractivity contribution in [3.8, 4) is 5.75 Å². The lowest BCUT2D eigenvalue weighted by molar-refractivity contribution is 0.271. The molecule has 0 amide bonds. The largest absolute Gasteiger partial charge is 0.488 e. The second kappa shape index (κ2) is 6.03. The summed E-state index contributed by atoms with van der Waals surface area (Å²) in [5.74, 6) is -1.22. The molecule has 8 heteroatoms. The fourth-order valence-corrected chi connectivity index (χ4v) is 3.03. The van der Waals surface area contributed by atoms with Crippen molar-refractivity contribution in [1.82, 2.24) is 19.9 Å². The average molecular weight is 331 g/mol. The van der Waals surface area contributed by atoms with Gasteiger partial charge in [0.05, 0.1) is 12.4 Å². The number of benzene rings is 1. The molecule has 1 saturated heterocycles. The van der Waals surface area contributed by atoms with Crippen LogP contribution in [0.4, 0.5) is 14.6 Å². The van der Waals surface area contributed by atoms with Gasteiger partial charge in [0, 0.05) is 6.54 Å². The first-order chi connectivity index (χ1) is 11.7. The summed E-state index contributed by atoms with van der Waals surface area (Å²) in [5.41, 5.74) is 1.36. The molecule has 0 radical (unpaired) electrons. The molecule has 1 aliphatic heterocycles. The van der Waals surface area contributed by atoms with Crippen LogP contribution in [0.15, 0.2) is 30.9 Å². The van der Waals surface area contributed by atoms with Gasteiger partial charge in [-0.3, -0.25) is 0 Å². The maximum atomic E-state index is 13.7. The molecule has 0 aliphatic carbocycles. The first kappa shape index (κ1) is 14.8. The van der Waals surface area contributed by atoms with E-state index in [9.17, 15) is 8.78 Å². The van der Waals surface area contributed by atoms with Gasteiger partial charge in [0.15, 0.2) is 23.0 Å². The molecule has 0 unspecified atom stereocenters. The lowest BCUT2D eigenvalue weighted by Gasteiger charge is -2.25. The molecule has 0 spiro atoms. The third-order valence-electron chi connectivity index (χ3n) is 4.19. The van der Waals surface area contributed by atoms with Crippen LogP contribution in [0.1, 0.15) is 12.8 Å². The zero-order chi connectivity index (χ0) is 16.5. The molecule has 124 valence electrons. The average Bonchev–Trinajstić information content (AvgIpc) is 3.24. The first-order valence-corrected chi connectivity index (χ1v) is 7.71. The maximum absolute atomic E-state index is 13.7.